The molecule has 2 heteroatoms. The molecule has 0 aliphatic carbocycles. The Bertz CT molecular complexity index is 354. The van der Waals surface area contributed by atoms with Crippen molar-refractivity contribution in [2.24, 2.45) is 0 Å². The molecule has 1 aliphatic rings. The molecule has 2 nitrogen and oxygen atoms in total. The second-order valence-electron chi connectivity index (χ2n) is 4.68. The van der Waals surface area contributed by atoms with Crippen LogP contribution in [0.15, 0.2) is 18.2 Å². The van der Waals surface area contributed by atoms with Crippen LogP contribution in [0.25, 0.3) is 0 Å². The van der Waals surface area contributed by atoms with Gasteiger partial charge in [-0.15, -0.1) is 0 Å². The van der Waals surface area contributed by atoms with E-state index in [1.165, 1.54) is 16.7 Å². The van der Waals surface area contributed by atoms with Gasteiger partial charge in [-0.05, 0) is 37.9 Å². The van der Waals surface area contributed by atoms with Gasteiger partial charge in [-0.1, -0.05) is 23.8 Å². The van der Waals surface area contributed by atoms with Gasteiger partial charge >= 0.3 is 0 Å². The summed E-state index contributed by atoms with van der Waals surface area (Å²) in [5.41, 5.74) is 3.83. The molecule has 2 rings (SSSR count). The number of aliphatic hydroxyl groups is 1. The molecule has 82 valence electrons. The van der Waals surface area contributed by atoms with E-state index in [1.807, 2.05) is 0 Å². The summed E-state index contributed by atoms with van der Waals surface area (Å²) >= 11 is 0. The Morgan fingerprint density at radius 1 is 1.40 bits per heavy atom. The van der Waals surface area contributed by atoms with Crippen LogP contribution < -0.4 is 5.32 Å². The molecule has 2 N–H and O–H groups in total. The number of aryl methyl sites for hydroxylation is 2. The highest BCUT2D eigenvalue weighted by Gasteiger charge is 2.35. The lowest BCUT2D eigenvalue weighted by Crippen LogP contribution is -2.33. The van der Waals surface area contributed by atoms with E-state index in [0.717, 1.165) is 19.5 Å². The van der Waals surface area contributed by atoms with Crippen molar-refractivity contribution in [2.75, 3.05) is 19.7 Å². The van der Waals surface area contributed by atoms with E-state index in [2.05, 4.69) is 37.4 Å². The number of aliphatic hydroxyl groups excluding tert-OH is 1. The first-order chi connectivity index (χ1) is 7.18. The van der Waals surface area contributed by atoms with Crippen LogP contribution in [0, 0.1) is 13.8 Å². The van der Waals surface area contributed by atoms with E-state index in [9.17, 15) is 5.11 Å². The molecule has 1 saturated heterocycles. The Balaban J connectivity index is 2.46. The fourth-order valence-corrected chi connectivity index (χ4v) is 2.50. The predicted molar refractivity (Wildman–Crippen MR) is 62.2 cm³/mol. The molecule has 15 heavy (non-hydrogen) atoms. The molecule has 0 amide bonds. The van der Waals surface area contributed by atoms with Crippen molar-refractivity contribution in [1.82, 2.24) is 5.32 Å². The average molecular weight is 205 g/mol. The molecule has 0 aromatic heterocycles. The van der Waals surface area contributed by atoms with E-state index < -0.39 is 0 Å². The standard InChI is InChI=1S/C13H19NO/c1-10-3-4-11(2)12(7-10)13(9-15)5-6-14-8-13/h3-4,7,14-15H,5-6,8-9H2,1-2H3. The molecule has 0 bridgehead atoms. The van der Waals surface area contributed by atoms with Crippen molar-refractivity contribution in [3.63, 3.8) is 0 Å². The molecule has 0 spiro atoms. The zero-order valence-corrected chi connectivity index (χ0v) is 9.51. The van der Waals surface area contributed by atoms with Gasteiger partial charge in [0.2, 0.25) is 0 Å². The normalized spacial score (nSPS) is 25.8. The van der Waals surface area contributed by atoms with Crippen molar-refractivity contribution in [2.45, 2.75) is 25.7 Å². The number of hydrogen-bond acceptors (Lipinski definition) is 2. The molecule has 1 aromatic rings. The Labute approximate surface area is 91.3 Å². The first-order valence-electron chi connectivity index (χ1n) is 5.57. The fraction of sp³-hybridized carbons (Fsp3) is 0.538. The van der Waals surface area contributed by atoms with Crippen molar-refractivity contribution in [1.29, 1.82) is 0 Å². The van der Waals surface area contributed by atoms with Gasteiger partial charge in [0.15, 0.2) is 0 Å². The number of rotatable bonds is 2. The van der Waals surface area contributed by atoms with Crippen LogP contribution in [-0.4, -0.2) is 24.8 Å². The Morgan fingerprint density at radius 2 is 2.20 bits per heavy atom. The maximum Gasteiger partial charge on any atom is 0.0540 e. The molecule has 1 unspecified atom stereocenters. The van der Waals surface area contributed by atoms with E-state index in [1.54, 1.807) is 0 Å². The summed E-state index contributed by atoms with van der Waals surface area (Å²) in [6.45, 7) is 6.38. The summed E-state index contributed by atoms with van der Waals surface area (Å²) < 4.78 is 0. The van der Waals surface area contributed by atoms with Crippen LogP contribution in [0.3, 0.4) is 0 Å². The number of nitrogens with one attached hydrogen (secondary N) is 1. The van der Waals surface area contributed by atoms with Crippen LogP contribution in [-0.2, 0) is 5.41 Å². The zero-order valence-electron chi connectivity index (χ0n) is 9.51. The van der Waals surface area contributed by atoms with Gasteiger partial charge in [-0.3, -0.25) is 0 Å². The third kappa shape index (κ3) is 1.80. The third-order valence-corrected chi connectivity index (χ3v) is 3.51. The van der Waals surface area contributed by atoms with E-state index in [0.29, 0.717) is 0 Å². The van der Waals surface area contributed by atoms with Crippen molar-refractivity contribution in [3.05, 3.63) is 34.9 Å². The second-order valence-corrected chi connectivity index (χ2v) is 4.68. The molecule has 1 aliphatic heterocycles. The first-order valence-corrected chi connectivity index (χ1v) is 5.57. The van der Waals surface area contributed by atoms with Gasteiger partial charge in [-0.2, -0.15) is 0 Å². The monoisotopic (exact) mass is 205 g/mol. The lowest BCUT2D eigenvalue weighted by atomic mass is 9.78. The quantitative estimate of drug-likeness (QED) is 0.767. The maximum absolute atomic E-state index is 9.65. The zero-order chi connectivity index (χ0) is 10.9. The van der Waals surface area contributed by atoms with Gasteiger partial charge in [0.1, 0.15) is 0 Å². The molecule has 1 heterocycles. The van der Waals surface area contributed by atoms with E-state index in [-0.39, 0.29) is 12.0 Å². The summed E-state index contributed by atoms with van der Waals surface area (Å²) in [6, 6.07) is 6.51. The highest BCUT2D eigenvalue weighted by atomic mass is 16.3. The average Bonchev–Trinajstić information content (AvgIpc) is 2.71. The largest absolute Gasteiger partial charge is 0.395 e. The van der Waals surface area contributed by atoms with Crippen LogP contribution in [0.4, 0.5) is 0 Å². The highest BCUT2D eigenvalue weighted by molar-refractivity contribution is 5.38. The number of benzene rings is 1. The van der Waals surface area contributed by atoms with Crippen LogP contribution in [0.5, 0.6) is 0 Å². The molecule has 0 radical (unpaired) electrons. The predicted octanol–water partition coefficient (Wildman–Crippen LogP) is 1.53. The summed E-state index contributed by atoms with van der Waals surface area (Å²) in [4.78, 5) is 0. The maximum atomic E-state index is 9.65. The number of hydrogen-bond donors (Lipinski definition) is 2. The molecule has 1 fully saturated rings. The van der Waals surface area contributed by atoms with Gasteiger partial charge in [-0.25, -0.2) is 0 Å². The topological polar surface area (TPSA) is 32.3 Å². The van der Waals surface area contributed by atoms with E-state index in [4.69, 9.17) is 0 Å². The van der Waals surface area contributed by atoms with Gasteiger partial charge in [0, 0.05) is 12.0 Å². The molecule has 1 aromatic carbocycles. The molecule has 1 atom stereocenters. The van der Waals surface area contributed by atoms with Gasteiger partial charge < -0.3 is 10.4 Å². The Kier molecular flexibility index (Phi) is 2.81. The Hall–Kier alpha value is -0.860. The summed E-state index contributed by atoms with van der Waals surface area (Å²) in [5, 5.41) is 13.0. The third-order valence-electron chi connectivity index (χ3n) is 3.51. The van der Waals surface area contributed by atoms with Crippen LogP contribution >= 0.6 is 0 Å². The summed E-state index contributed by atoms with van der Waals surface area (Å²) in [5.74, 6) is 0. The molecular weight excluding hydrogens is 186 g/mol. The van der Waals surface area contributed by atoms with Crippen molar-refractivity contribution in [3.8, 4) is 0 Å². The SMILES string of the molecule is Cc1ccc(C)c(C2(CO)CCNC2)c1. The van der Waals surface area contributed by atoms with Crippen molar-refractivity contribution >= 4 is 0 Å². The van der Waals surface area contributed by atoms with Gasteiger partial charge in [0.25, 0.3) is 0 Å². The first kappa shape index (κ1) is 10.7. The minimum atomic E-state index is -0.0455. The fourth-order valence-electron chi connectivity index (χ4n) is 2.50. The smallest absolute Gasteiger partial charge is 0.0540 e. The highest BCUT2D eigenvalue weighted by Crippen LogP contribution is 2.32. The second kappa shape index (κ2) is 3.95. The lowest BCUT2D eigenvalue weighted by molar-refractivity contribution is 0.205. The van der Waals surface area contributed by atoms with Crippen molar-refractivity contribution < 1.29 is 5.11 Å². The molecule has 0 saturated carbocycles. The van der Waals surface area contributed by atoms with Crippen LogP contribution in [0.1, 0.15) is 23.1 Å². The summed E-state index contributed by atoms with van der Waals surface area (Å²) in [6.07, 6.45) is 1.04. The lowest BCUT2D eigenvalue weighted by Gasteiger charge is -2.28. The Morgan fingerprint density at radius 3 is 2.80 bits per heavy atom. The minimum absolute atomic E-state index is 0.0455. The van der Waals surface area contributed by atoms with Crippen LogP contribution in [0.2, 0.25) is 0 Å². The molecular formula is C13H19NO. The summed E-state index contributed by atoms with van der Waals surface area (Å²) in [7, 11) is 0. The van der Waals surface area contributed by atoms with E-state index >= 15 is 0 Å². The van der Waals surface area contributed by atoms with Gasteiger partial charge in [0.05, 0.1) is 6.61 Å². The minimum Gasteiger partial charge on any atom is -0.395 e.